The van der Waals surface area contributed by atoms with Crippen LogP contribution in [0.15, 0.2) is 11.6 Å². The zero-order valence-corrected chi connectivity index (χ0v) is 28.4. The largest absolute Gasteiger partial charge is 0.465 e. The fraction of sp³-hybridized carbons (Fsp3) is 0.889. The van der Waals surface area contributed by atoms with E-state index in [-0.39, 0.29) is 71.8 Å². The first-order chi connectivity index (χ1) is 20.5. The molecule has 0 bridgehead atoms. The predicted octanol–water partition coefficient (Wildman–Crippen LogP) is 5.05. The minimum Gasteiger partial charge on any atom is -0.465 e. The van der Waals surface area contributed by atoms with Gasteiger partial charge in [-0.25, -0.2) is 0 Å². The van der Waals surface area contributed by atoms with Gasteiger partial charge in [0.05, 0.1) is 24.4 Å². The third-order valence-corrected chi connectivity index (χ3v) is 12.5. The van der Waals surface area contributed by atoms with Crippen LogP contribution in [0.5, 0.6) is 0 Å². The molecule has 3 aliphatic carbocycles. The SMILES string of the molecule is CCCC(=O)C(C)C1OC(O)(C(C)C(=O)OCC(C)C2CCC3(C)CC4C(CO)CC(O)C4C(C)(O)CC=C23)C(C)CC1C. The number of esters is 1. The van der Waals surface area contributed by atoms with Crippen molar-refractivity contribution in [2.24, 2.45) is 58.7 Å². The van der Waals surface area contributed by atoms with Gasteiger partial charge < -0.3 is 29.9 Å². The number of hydrogen-bond donors (Lipinski definition) is 4. The maximum Gasteiger partial charge on any atom is 0.314 e. The summed E-state index contributed by atoms with van der Waals surface area (Å²) in [6.45, 7) is 15.8. The van der Waals surface area contributed by atoms with Crippen molar-refractivity contribution >= 4 is 11.8 Å². The Hall–Kier alpha value is -1.32. The van der Waals surface area contributed by atoms with E-state index in [1.54, 1.807) is 6.92 Å². The molecule has 2 saturated carbocycles. The van der Waals surface area contributed by atoms with E-state index in [0.29, 0.717) is 25.7 Å². The molecule has 0 aromatic rings. The van der Waals surface area contributed by atoms with E-state index < -0.39 is 35.5 Å². The van der Waals surface area contributed by atoms with Crippen LogP contribution in [0.3, 0.4) is 0 Å². The van der Waals surface area contributed by atoms with Crippen LogP contribution in [-0.2, 0) is 19.1 Å². The van der Waals surface area contributed by atoms with Crippen molar-refractivity contribution < 1.29 is 39.5 Å². The van der Waals surface area contributed by atoms with E-state index >= 15 is 0 Å². The summed E-state index contributed by atoms with van der Waals surface area (Å²) in [7, 11) is 0. The molecule has 4 rings (SSSR count). The van der Waals surface area contributed by atoms with Crippen molar-refractivity contribution in [3.63, 3.8) is 0 Å². The molecule has 8 heteroatoms. The summed E-state index contributed by atoms with van der Waals surface area (Å²) in [5, 5.41) is 44.2. The highest BCUT2D eigenvalue weighted by Gasteiger charge is 2.56. The average molecular weight is 621 g/mol. The molecule has 0 amide bonds. The molecule has 14 atom stereocenters. The molecule has 44 heavy (non-hydrogen) atoms. The van der Waals surface area contributed by atoms with Gasteiger partial charge in [0.15, 0.2) is 5.79 Å². The van der Waals surface area contributed by atoms with E-state index in [9.17, 15) is 30.0 Å². The number of hydrogen-bond acceptors (Lipinski definition) is 8. The number of aliphatic hydroxyl groups excluding tert-OH is 2. The molecule has 14 unspecified atom stereocenters. The van der Waals surface area contributed by atoms with Gasteiger partial charge in [-0.15, -0.1) is 0 Å². The summed E-state index contributed by atoms with van der Waals surface area (Å²) in [6.07, 6.45) is 6.65. The zero-order chi connectivity index (χ0) is 32.8. The molecule has 4 aliphatic rings. The lowest BCUT2D eigenvalue weighted by atomic mass is 9.64. The molecular formula is C36H60O8. The highest BCUT2D eigenvalue weighted by molar-refractivity contribution is 5.81. The van der Waals surface area contributed by atoms with Gasteiger partial charge in [-0.05, 0) is 93.8 Å². The summed E-state index contributed by atoms with van der Waals surface area (Å²) in [5.74, 6) is -3.65. The minimum atomic E-state index is -1.72. The Bertz CT molecular complexity index is 1070. The van der Waals surface area contributed by atoms with Crippen LogP contribution < -0.4 is 0 Å². The smallest absolute Gasteiger partial charge is 0.314 e. The Kier molecular flexibility index (Phi) is 10.8. The van der Waals surface area contributed by atoms with Crippen molar-refractivity contribution in [1.82, 2.24) is 0 Å². The second-order valence-electron chi connectivity index (χ2n) is 15.8. The molecule has 0 radical (unpaired) electrons. The summed E-state index contributed by atoms with van der Waals surface area (Å²) in [4.78, 5) is 26.1. The lowest BCUT2D eigenvalue weighted by Gasteiger charge is -2.48. The number of ketones is 1. The van der Waals surface area contributed by atoms with Gasteiger partial charge in [0.25, 0.3) is 0 Å². The Morgan fingerprint density at radius 1 is 1.14 bits per heavy atom. The molecule has 1 saturated heterocycles. The first-order valence-electron chi connectivity index (χ1n) is 17.3. The van der Waals surface area contributed by atoms with E-state index in [4.69, 9.17) is 9.47 Å². The van der Waals surface area contributed by atoms with Crippen LogP contribution in [0.1, 0.15) is 107 Å². The van der Waals surface area contributed by atoms with Crippen molar-refractivity contribution in [3.8, 4) is 0 Å². The van der Waals surface area contributed by atoms with Gasteiger partial charge in [-0.3, -0.25) is 9.59 Å². The fourth-order valence-corrected chi connectivity index (χ4v) is 9.71. The Morgan fingerprint density at radius 2 is 1.82 bits per heavy atom. The van der Waals surface area contributed by atoms with Gasteiger partial charge >= 0.3 is 5.97 Å². The molecule has 252 valence electrons. The quantitative estimate of drug-likeness (QED) is 0.197. The number of ether oxygens (including phenoxy) is 2. The van der Waals surface area contributed by atoms with E-state index in [0.717, 1.165) is 25.7 Å². The van der Waals surface area contributed by atoms with Gasteiger partial charge in [-0.2, -0.15) is 0 Å². The molecule has 1 heterocycles. The molecule has 0 aromatic carbocycles. The lowest BCUT2D eigenvalue weighted by Crippen LogP contribution is -2.57. The van der Waals surface area contributed by atoms with Crippen molar-refractivity contribution in [1.29, 1.82) is 0 Å². The standard InChI is InChI=1S/C36H60O8/c1-9-10-29(38)23(5)32-20(2)15-22(4)36(42,44-32)24(6)33(40)43-19-21(3)26-11-13-34(7)17-27-25(18-37)16-30(39)31(27)35(8,41)14-12-28(26)34/h12,20-27,30-32,37,39,41-42H,9-11,13-19H2,1-8H3. The number of allylic oxidation sites excluding steroid dienone is 1. The fourth-order valence-electron chi connectivity index (χ4n) is 9.71. The molecular weight excluding hydrogens is 560 g/mol. The third kappa shape index (κ3) is 6.58. The topological polar surface area (TPSA) is 134 Å². The maximum atomic E-state index is 13.4. The van der Waals surface area contributed by atoms with E-state index in [1.807, 2.05) is 34.6 Å². The zero-order valence-electron chi connectivity index (χ0n) is 28.4. The number of carbonyl (C=O) groups is 2. The molecule has 0 aromatic heterocycles. The summed E-state index contributed by atoms with van der Waals surface area (Å²) >= 11 is 0. The molecule has 0 spiro atoms. The monoisotopic (exact) mass is 620 g/mol. The van der Waals surface area contributed by atoms with Crippen LogP contribution in [0.2, 0.25) is 0 Å². The van der Waals surface area contributed by atoms with E-state index in [2.05, 4.69) is 19.9 Å². The van der Waals surface area contributed by atoms with Crippen LogP contribution in [0.4, 0.5) is 0 Å². The second kappa shape index (κ2) is 13.4. The van der Waals surface area contributed by atoms with Crippen LogP contribution in [-0.4, -0.2) is 69.0 Å². The predicted molar refractivity (Wildman–Crippen MR) is 168 cm³/mol. The second-order valence-corrected chi connectivity index (χ2v) is 15.8. The number of carbonyl (C=O) groups excluding carboxylic acids is 2. The first-order valence-corrected chi connectivity index (χ1v) is 17.3. The number of aliphatic hydroxyl groups is 4. The Morgan fingerprint density at radius 3 is 2.45 bits per heavy atom. The Labute approximate surface area is 265 Å². The minimum absolute atomic E-state index is 0.0136. The van der Waals surface area contributed by atoms with Gasteiger partial charge in [0, 0.05) is 30.8 Å². The van der Waals surface area contributed by atoms with Crippen LogP contribution in [0, 0.1) is 58.7 Å². The summed E-state index contributed by atoms with van der Waals surface area (Å²) in [6, 6.07) is 0. The van der Waals surface area contributed by atoms with E-state index in [1.165, 1.54) is 5.57 Å². The lowest BCUT2D eigenvalue weighted by molar-refractivity contribution is -0.318. The molecule has 4 N–H and O–H groups in total. The van der Waals surface area contributed by atoms with Crippen LogP contribution in [0.25, 0.3) is 0 Å². The molecule has 3 fully saturated rings. The van der Waals surface area contributed by atoms with Gasteiger partial charge in [0.2, 0.25) is 0 Å². The first kappa shape index (κ1) is 35.5. The van der Waals surface area contributed by atoms with Gasteiger partial charge in [0.1, 0.15) is 11.7 Å². The van der Waals surface area contributed by atoms with Crippen LogP contribution >= 0.6 is 0 Å². The third-order valence-electron chi connectivity index (χ3n) is 12.5. The highest BCUT2D eigenvalue weighted by Crippen LogP contribution is 2.59. The van der Waals surface area contributed by atoms with Crippen molar-refractivity contribution in [2.75, 3.05) is 13.2 Å². The maximum absolute atomic E-state index is 13.4. The number of fused-ring (bicyclic) bond motifs is 2. The normalized spacial score (nSPS) is 44.4. The van der Waals surface area contributed by atoms with Crippen molar-refractivity contribution in [3.05, 3.63) is 11.6 Å². The summed E-state index contributed by atoms with van der Waals surface area (Å²) in [5.41, 5.74) is 0.114. The molecule has 8 nitrogen and oxygen atoms in total. The molecule has 1 aliphatic heterocycles. The Balaban J connectivity index is 1.44. The average Bonchev–Trinajstić information content (AvgIpc) is 3.46. The number of Topliss-reactive ketones (excluding diaryl/α,β-unsaturated/α-hetero) is 1. The summed E-state index contributed by atoms with van der Waals surface area (Å²) < 4.78 is 12.2. The number of rotatable bonds is 10. The van der Waals surface area contributed by atoms with Crippen molar-refractivity contribution in [2.45, 2.75) is 130 Å². The van der Waals surface area contributed by atoms with Gasteiger partial charge in [-0.1, -0.05) is 53.2 Å². The highest BCUT2D eigenvalue weighted by atomic mass is 16.6.